The van der Waals surface area contributed by atoms with Crippen molar-refractivity contribution < 1.29 is 14.7 Å². The van der Waals surface area contributed by atoms with Crippen LogP contribution in [0.2, 0.25) is 0 Å². The number of aromatic nitrogens is 3. The molecule has 5 rings (SSSR count). The molecule has 0 saturated carbocycles. The maximum Gasteiger partial charge on any atom is 0.255 e. The average Bonchev–Trinajstić information content (AvgIpc) is 3.55. The number of nitrogens with one attached hydrogen (secondary N) is 1. The van der Waals surface area contributed by atoms with Gasteiger partial charge in [-0.05, 0) is 41.3 Å². The van der Waals surface area contributed by atoms with Gasteiger partial charge in [-0.25, -0.2) is 9.67 Å². The van der Waals surface area contributed by atoms with Crippen LogP contribution < -0.4 is 11.1 Å². The summed E-state index contributed by atoms with van der Waals surface area (Å²) in [4.78, 5) is 31.8. The van der Waals surface area contributed by atoms with Gasteiger partial charge in [-0.15, -0.1) is 0 Å². The van der Waals surface area contributed by atoms with E-state index in [1.165, 1.54) is 11.1 Å². The Morgan fingerprint density at radius 3 is 2.38 bits per heavy atom. The van der Waals surface area contributed by atoms with Crippen molar-refractivity contribution in [2.45, 2.75) is 38.2 Å². The SMILES string of the molecule is NC(=O)C(O)C(Cc1ccccc1)NC(=O)c1cccnc1-n1ccc(CN2Cc3ccccc3C2)n1. The van der Waals surface area contributed by atoms with Crippen molar-refractivity contribution in [2.75, 3.05) is 0 Å². The third-order valence-electron chi connectivity index (χ3n) is 6.47. The number of benzene rings is 2. The van der Waals surface area contributed by atoms with Gasteiger partial charge in [-0.3, -0.25) is 14.5 Å². The maximum atomic E-state index is 13.3. The van der Waals surface area contributed by atoms with Crippen molar-refractivity contribution in [1.29, 1.82) is 0 Å². The van der Waals surface area contributed by atoms with Gasteiger partial charge in [0.1, 0.15) is 0 Å². The fraction of sp³-hybridized carbons (Fsp3) is 0.214. The lowest BCUT2D eigenvalue weighted by Gasteiger charge is -2.22. The van der Waals surface area contributed by atoms with E-state index >= 15 is 0 Å². The van der Waals surface area contributed by atoms with E-state index in [4.69, 9.17) is 5.73 Å². The van der Waals surface area contributed by atoms with Gasteiger partial charge < -0.3 is 16.2 Å². The zero-order chi connectivity index (χ0) is 25.8. The summed E-state index contributed by atoms with van der Waals surface area (Å²) >= 11 is 0. The van der Waals surface area contributed by atoms with E-state index in [-0.39, 0.29) is 12.0 Å². The summed E-state index contributed by atoms with van der Waals surface area (Å²) < 4.78 is 1.57. The molecular formula is C28H28N6O3. The first kappa shape index (κ1) is 24.4. The smallest absolute Gasteiger partial charge is 0.255 e. The third kappa shape index (κ3) is 5.58. The average molecular weight is 497 g/mol. The predicted octanol–water partition coefficient (Wildman–Crippen LogP) is 1.97. The number of aliphatic hydroxyl groups excluding tert-OH is 1. The minimum atomic E-state index is -1.55. The van der Waals surface area contributed by atoms with E-state index in [1.54, 1.807) is 29.2 Å². The number of nitrogens with two attached hydrogens (primary N) is 1. The number of carbonyl (C=O) groups excluding carboxylic acids is 2. The minimum absolute atomic E-state index is 0.233. The number of hydrogen-bond acceptors (Lipinski definition) is 6. The molecule has 188 valence electrons. The van der Waals surface area contributed by atoms with Crippen LogP contribution in [0.15, 0.2) is 85.2 Å². The topological polar surface area (TPSA) is 126 Å². The summed E-state index contributed by atoms with van der Waals surface area (Å²) in [6.45, 7) is 2.40. The van der Waals surface area contributed by atoms with Crippen LogP contribution >= 0.6 is 0 Å². The Labute approximate surface area is 214 Å². The number of rotatable bonds is 9. The summed E-state index contributed by atoms with van der Waals surface area (Å²) in [5.41, 5.74) is 9.98. The van der Waals surface area contributed by atoms with Crippen LogP contribution in [0.3, 0.4) is 0 Å². The minimum Gasteiger partial charge on any atom is -0.381 e. The molecule has 0 spiro atoms. The molecule has 2 aromatic carbocycles. The highest BCUT2D eigenvalue weighted by molar-refractivity contribution is 5.97. The van der Waals surface area contributed by atoms with Crippen LogP contribution in [0.1, 0.15) is 32.7 Å². The molecule has 9 nitrogen and oxygen atoms in total. The molecule has 1 aliphatic heterocycles. The molecule has 0 bridgehead atoms. The molecule has 9 heteroatoms. The second-order valence-corrected chi connectivity index (χ2v) is 9.16. The van der Waals surface area contributed by atoms with E-state index in [0.29, 0.717) is 12.4 Å². The fourth-order valence-corrected chi connectivity index (χ4v) is 4.62. The highest BCUT2D eigenvalue weighted by Crippen LogP contribution is 2.24. The third-order valence-corrected chi connectivity index (χ3v) is 6.47. The monoisotopic (exact) mass is 496 g/mol. The van der Waals surface area contributed by atoms with Crippen LogP contribution in [0.5, 0.6) is 0 Å². The number of fused-ring (bicyclic) bond motifs is 1. The Morgan fingerprint density at radius 2 is 1.68 bits per heavy atom. The normalized spacial score (nSPS) is 14.6. The fourth-order valence-electron chi connectivity index (χ4n) is 4.62. The Morgan fingerprint density at radius 1 is 0.973 bits per heavy atom. The molecule has 4 N–H and O–H groups in total. The number of aliphatic hydroxyl groups is 1. The molecule has 0 saturated heterocycles. The van der Waals surface area contributed by atoms with Crippen molar-refractivity contribution in [2.24, 2.45) is 5.73 Å². The van der Waals surface area contributed by atoms with Crippen LogP contribution in [0, 0.1) is 0 Å². The number of carbonyl (C=O) groups is 2. The van der Waals surface area contributed by atoms with Crippen molar-refractivity contribution in [1.82, 2.24) is 25.0 Å². The van der Waals surface area contributed by atoms with Gasteiger partial charge in [0.2, 0.25) is 5.91 Å². The lowest BCUT2D eigenvalue weighted by molar-refractivity contribution is -0.127. The Kier molecular flexibility index (Phi) is 7.07. The standard InChI is InChI=1S/C28H28N6O3/c29-26(36)25(35)24(15-19-7-2-1-3-8-19)31-28(37)23-11-6-13-30-27(23)34-14-12-22(32-34)18-33-16-20-9-4-5-10-21(20)17-33/h1-14,24-25,35H,15-18H2,(H2,29,36)(H,31,37). The summed E-state index contributed by atoms with van der Waals surface area (Å²) in [7, 11) is 0. The zero-order valence-electron chi connectivity index (χ0n) is 20.2. The molecular weight excluding hydrogens is 468 g/mol. The zero-order valence-corrected chi connectivity index (χ0v) is 20.2. The Balaban J connectivity index is 1.32. The Bertz CT molecular complexity index is 1380. The highest BCUT2D eigenvalue weighted by Gasteiger charge is 2.28. The lowest BCUT2D eigenvalue weighted by Crippen LogP contribution is -2.50. The molecule has 2 atom stereocenters. The molecule has 2 aromatic heterocycles. The first-order valence-electron chi connectivity index (χ1n) is 12.1. The second-order valence-electron chi connectivity index (χ2n) is 9.16. The maximum absolute atomic E-state index is 13.3. The highest BCUT2D eigenvalue weighted by atomic mass is 16.3. The van der Waals surface area contributed by atoms with Crippen molar-refractivity contribution in [3.63, 3.8) is 0 Å². The van der Waals surface area contributed by atoms with Crippen LogP contribution in [-0.4, -0.2) is 48.7 Å². The molecule has 0 fully saturated rings. The quantitative estimate of drug-likeness (QED) is 0.325. The molecule has 0 aliphatic carbocycles. The number of nitrogens with zero attached hydrogens (tertiary/aromatic N) is 4. The van der Waals surface area contributed by atoms with E-state index in [2.05, 4.69) is 44.6 Å². The van der Waals surface area contributed by atoms with Gasteiger partial charge in [0.15, 0.2) is 11.9 Å². The predicted molar refractivity (Wildman–Crippen MR) is 137 cm³/mol. The van der Waals surface area contributed by atoms with E-state index < -0.39 is 24.0 Å². The number of hydrogen-bond donors (Lipinski definition) is 3. The van der Waals surface area contributed by atoms with Gasteiger partial charge in [0, 0.05) is 32.0 Å². The molecule has 2 amide bonds. The van der Waals surface area contributed by atoms with Gasteiger partial charge in [-0.1, -0.05) is 54.6 Å². The Hall–Kier alpha value is -4.34. The van der Waals surface area contributed by atoms with E-state index in [9.17, 15) is 14.7 Å². The summed E-state index contributed by atoms with van der Waals surface area (Å²) in [5.74, 6) is -1.05. The molecule has 37 heavy (non-hydrogen) atoms. The van der Waals surface area contributed by atoms with Crippen LogP contribution in [0.4, 0.5) is 0 Å². The van der Waals surface area contributed by atoms with E-state index in [1.807, 2.05) is 36.4 Å². The molecule has 1 aliphatic rings. The van der Waals surface area contributed by atoms with Gasteiger partial charge in [0.25, 0.3) is 5.91 Å². The molecule has 3 heterocycles. The van der Waals surface area contributed by atoms with Crippen molar-refractivity contribution >= 4 is 11.8 Å². The summed E-state index contributed by atoms with van der Waals surface area (Å²) in [5, 5.41) is 17.8. The van der Waals surface area contributed by atoms with Gasteiger partial charge in [0.05, 0.1) is 17.3 Å². The number of amides is 2. The van der Waals surface area contributed by atoms with Gasteiger partial charge in [-0.2, -0.15) is 5.10 Å². The van der Waals surface area contributed by atoms with E-state index in [0.717, 1.165) is 24.3 Å². The number of pyridine rings is 1. The lowest BCUT2D eigenvalue weighted by atomic mass is 10.0. The number of primary amides is 1. The van der Waals surface area contributed by atoms with Gasteiger partial charge >= 0.3 is 0 Å². The molecule has 0 radical (unpaired) electrons. The first-order valence-corrected chi connectivity index (χ1v) is 12.1. The summed E-state index contributed by atoms with van der Waals surface area (Å²) in [6, 6.07) is 22.0. The van der Waals surface area contributed by atoms with Crippen molar-refractivity contribution in [3.05, 3.63) is 113 Å². The largest absolute Gasteiger partial charge is 0.381 e. The van der Waals surface area contributed by atoms with Crippen LogP contribution in [-0.2, 0) is 30.8 Å². The second kappa shape index (κ2) is 10.7. The van der Waals surface area contributed by atoms with Crippen LogP contribution in [0.25, 0.3) is 5.82 Å². The summed E-state index contributed by atoms with van der Waals surface area (Å²) in [6.07, 6.45) is 2.04. The molecule has 2 unspecified atom stereocenters. The first-order chi connectivity index (χ1) is 18.0. The molecule has 4 aromatic rings. The van der Waals surface area contributed by atoms with Crippen molar-refractivity contribution in [3.8, 4) is 5.82 Å².